The van der Waals surface area contributed by atoms with Crippen molar-refractivity contribution in [1.29, 1.82) is 0 Å². The lowest BCUT2D eigenvalue weighted by Gasteiger charge is -2.07. The normalized spacial score (nSPS) is 11.4. The van der Waals surface area contributed by atoms with Crippen molar-refractivity contribution in [2.45, 2.75) is 13.8 Å². The van der Waals surface area contributed by atoms with Crippen molar-refractivity contribution in [3.05, 3.63) is 65.2 Å². The van der Waals surface area contributed by atoms with Gasteiger partial charge in [0.15, 0.2) is 5.78 Å². The third kappa shape index (κ3) is 3.33. The van der Waals surface area contributed by atoms with E-state index in [0.717, 1.165) is 22.3 Å². The zero-order valence-electron chi connectivity index (χ0n) is 11.0. The molecule has 2 rings (SSSR count). The molecule has 0 saturated carbocycles. The highest BCUT2D eigenvalue weighted by Gasteiger charge is 2.05. The maximum Gasteiger partial charge on any atom is 0.152 e. The predicted molar refractivity (Wildman–Crippen MR) is 81.2 cm³/mol. The minimum absolute atomic E-state index is 0.0424. The van der Waals surface area contributed by atoms with Crippen molar-refractivity contribution in [1.82, 2.24) is 0 Å². The molecule has 0 atom stereocenters. The van der Waals surface area contributed by atoms with Gasteiger partial charge in [-0.15, -0.1) is 0 Å². The molecule has 96 valence electrons. The molecule has 0 aliphatic heterocycles. The lowest BCUT2D eigenvalue weighted by Crippen LogP contribution is -1.88. The Morgan fingerprint density at radius 3 is 2.32 bits per heavy atom. The van der Waals surface area contributed by atoms with Crippen LogP contribution in [0.5, 0.6) is 0 Å². The van der Waals surface area contributed by atoms with Gasteiger partial charge in [0, 0.05) is 10.6 Å². The largest absolute Gasteiger partial charge is 0.295 e. The van der Waals surface area contributed by atoms with Crippen molar-refractivity contribution in [2.75, 3.05) is 0 Å². The van der Waals surface area contributed by atoms with E-state index in [0.29, 0.717) is 5.02 Å². The highest BCUT2D eigenvalue weighted by Crippen LogP contribution is 2.30. The number of hydrogen-bond donors (Lipinski definition) is 0. The van der Waals surface area contributed by atoms with Crippen LogP contribution in [0.1, 0.15) is 19.4 Å². The van der Waals surface area contributed by atoms with Crippen LogP contribution >= 0.6 is 11.6 Å². The van der Waals surface area contributed by atoms with Crippen LogP contribution in [-0.2, 0) is 4.79 Å². The van der Waals surface area contributed by atoms with Gasteiger partial charge >= 0.3 is 0 Å². The predicted octanol–water partition coefficient (Wildman–Crippen LogP) is 5.00. The van der Waals surface area contributed by atoms with Crippen molar-refractivity contribution >= 4 is 23.0 Å². The molecule has 0 aromatic heterocycles. The zero-order chi connectivity index (χ0) is 13.8. The maximum absolute atomic E-state index is 11.1. The Balaban J connectivity index is 2.41. The van der Waals surface area contributed by atoms with Crippen molar-refractivity contribution in [2.24, 2.45) is 0 Å². The average molecular weight is 271 g/mol. The molecule has 0 N–H and O–H groups in total. The molecule has 0 heterocycles. The molecule has 0 bridgehead atoms. The third-order valence-electron chi connectivity index (χ3n) is 2.93. The minimum atomic E-state index is 0.0424. The van der Waals surface area contributed by atoms with E-state index in [4.69, 9.17) is 11.6 Å². The first kappa shape index (κ1) is 13.6. The molecule has 0 aliphatic rings. The van der Waals surface area contributed by atoms with Crippen LogP contribution in [-0.4, -0.2) is 5.78 Å². The van der Waals surface area contributed by atoms with Crippen LogP contribution in [0.3, 0.4) is 0 Å². The number of halogens is 1. The second-order valence-corrected chi connectivity index (χ2v) is 4.91. The monoisotopic (exact) mass is 270 g/mol. The molecule has 2 heteroatoms. The van der Waals surface area contributed by atoms with Gasteiger partial charge in [-0.2, -0.15) is 0 Å². The molecule has 0 radical (unpaired) electrons. The fourth-order valence-corrected chi connectivity index (χ4v) is 2.29. The van der Waals surface area contributed by atoms with Gasteiger partial charge < -0.3 is 0 Å². The summed E-state index contributed by atoms with van der Waals surface area (Å²) < 4.78 is 0. The number of allylic oxidation sites excluding steroid dienone is 2. The molecule has 0 unspecified atom stereocenters. The summed E-state index contributed by atoms with van der Waals surface area (Å²) in [7, 11) is 0. The molecule has 0 aliphatic carbocycles. The molecule has 19 heavy (non-hydrogen) atoms. The lowest BCUT2D eigenvalue weighted by molar-refractivity contribution is -0.112. The number of benzene rings is 2. The number of carbonyl (C=O) groups excluding carboxylic acids is 1. The van der Waals surface area contributed by atoms with E-state index in [1.807, 2.05) is 55.5 Å². The van der Waals surface area contributed by atoms with E-state index in [1.54, 1.807) is 13.0 Å². The smallest absolute Gasteiger partial charge is 0.152 e. The van der Waals surface area contributed by atoms with Gasteiger partial charge in [-0.1, -0.05) is 54.1 Å². The van der Waals surface area contributed by atoms with E-state index in [9.17, 15) is 4.79 Å². The summed E-state index contributed by atoms with van der Waals surface area (Å²) in [6, 6.07) is 15.9. The van der Waals surface area contributed by atoms with E-state index in [2.05, 4.69) is 0 Å². The summed E-state index contributed by atoms with van der Waals surface area (Å²) in [6.07, 6.45) is 1.62. The minimum Gasteiger partial charge on any atom is -0.295 e. The summed E-state index contributed by atoms with van der Waals surface area (Å²) >= 11 is 6.33. The van der Waals surface area contributed by atoms with Gasteiger partial charge in [0.2, 0.25) is 0 Å². The molecular formula is C17H15ClO. The van der Waals surface area contributed by atoms with Crippen LogP contribution in [0.25, 0.3) is 16.7 Å². The summed E-state index contributed by atoms with van der Waals surface area (Å²) in [5.74, 6) is 0.0424. The lowest BCUT2D eigenvalue weighted by atomic mass is 10.0. The molecule has 2 aromatic rings. The summed E-state index contributed by atoms with van der Waals surface area (Å²) in [5.41, 5.74) is 3.99. The van der Waals surface area contributed by atoms with Gasteiger partial charge in [0.25, 0.3) is 0 Å². The number of carbonyl (C=O) groups is 1. The van der Waals surface area contributed by atoms with Gasteiger partial charge in [0.1, 0.15) is 0 Å². The van der Waals surface area contributed by atoms with E-state index in [1.165, 1.54) is 0 Å². The van der Waals surface area contributed by atoms with Gasteiger partial charge in [0.05, 0.1) is 0 Å². The maximum atomic E-state index is 11.1. The Morgan fingerprint density at radius 1 is 1.05 bits per heavy atom. The molecular weight excluding hydrogens is 256 g/mol. The van der Waals surface area contributed by atoms with Crippen LogP contribution < -0.4 is 0 Å². The van der Waals surface area contributed by atoms with Crippen LogP contribution in [0.15, 0.2) is 54.6 Å². The quantitative estimate of drug-likeness (QED) is 0.718. The zero-order valence-corrected chi connectivity index (χ0v) is 11.7. The summed E-state index contributed by atoms with van der Waals surface area (Å²) in [4.78, 5) is 11.1. The highest BCUT2D eigenvalue weighted by atomic mass is 35.5. The van der Waals surface area contributed by atoms with Crippen LogP contribution in [0, 0.1) is 0 Å². The SMILES string of the molecule is CC(=O)C=C(C)c1ccc(-c2ccccc2)c(Cl)c1. The molecule has 0 amide bonds. The Morgan fingerprint density at radius 2 is 1.74 bits per heavy atom. The van der Waals surface area contributed by atoms with Gasteiger partial charge in [-0.05, 0) is 42.7 Å². The first-order valence-electron chi connectivity index (χ1n) is 6.12. The molecule has 1 nitrogen and oxygen atoms in total. The first-order chi connectivity index (χ1) is 9.08. The second-order valence-electron chi connectivity index (χ2n) is 4.50. The van der Waals surface area contributed by atoms with Crippen molar-refractivity contribution in [3.8, 4) is 11.1 Å². The Bertz CT molecular complexity index is 627. The van der Waals surface area contributed by atoms with Gasteiger partial charge in [-0.3, -0.25) is 4.79 Å². The number of rotatable bonds is 3. The molecule has 0 fully saturated rings. The molecule has 2 aromatic carbocycles. The fraction of sp³-hybridized carbons (Fsp3) is 0.118. The Hall–Kier alpha value is -1.86. The molecule has 0 spiro atoms. The Kier molecular flexibility index (Phi) is 4.18. The van der Waals surface area contributed by atoms with E-state index >= 15 is 0 Å². The topological polar surface area (TPSA) is 17.1 Å². The first-order valence-corrected chi connectivity index (χ1v) is 6.50. The summed E-state index contributed by atoms with van der Waals surface area (Å²) in [6.45, 7) is 3.46. The fourth-order valence-electron chi connectivity index (χ4n) is 2.00. The van der Waals surface area contributed by atoms with Crippen LogP contribution in [0.4, 0.5) is 0 Å². The number of ketones is 1. The highest BCUT2D eigenvalue weighted by molar-refractivity contribution is 6.33. The second kappa shape index (κ2) is 5.85. The summed E-state index contributed by atoms with van der Waals surface area (Å²) in [5, 5.41) is 0.694. The van der Waals surface area contributed by atoms with E-state index in [-0.39, 0.29) is 5.78 Å². The third-order valence-corrected chi connectivity index (χ3v) is 3.24. The van der Waals surface area contributed by atoms with Crippen molar-refractivity contribution in [3.63, 3.8) is 0 Å². The number of hydrogen-bond acceptors (Lipinski definition) is 1. The standard InChI is InChI=1S/C17H15ClO/c1-12(10-13(2)19)15-8-9-16(17(18)11-15)14-6-4-3-5-7-14/h3-11H,1-2H3. The Labute approximate surface area is 118 Å². The van der Waals surface area contributed by atoms with Crippen molar-refractivity contribution < 1.29 is 4.79 Å². The van der Waals surface area contributed by atoms with Crippen LogP contribution in [0.2, 0.25) is 5.02 Å². The van der Waals surface area contributed by atoms with Gasteiger partial charge in [-0.25, -0.2) is 0 Å². The van der Waals surface area contributed by atoms with E-state index < -0.39 is 0 Å². The molecule has 0 saturated heterocycles. The average Bonchev–Trinajstić information content (AvgIpc) is 2.38.